The fraction of sp³-hybridized carbons (Fsp3) is 0.800. The molecule has 1 unspecified atom stereocenters. The molecule has 15 heavy (non-hydrogen) atoms. The Balaban J connectivity index is 3.87. The molecule has 0 aromatic heterocycles. The Hall–Kier alpha value is -1.10. The van der Waals surface area contributed by atoms with Gasteiger partial charge in [-0.2, -0.15) is 0 Å². The second-order valence-corrected chi connectivity index (χ2v) is 3.33. The average molecular weight is 217 g/mol. The number of hydrogen-bond acceptors (Lipinski definition) is 4. The van der Waals surface area contributed by atoms with Gasteiger partial charge >= 0.3 is 5.97 Å². The Kier molecular flexibility index (Phi) is 7.62. The van der Waals surface area contributed by atoms with Crippen molar-refractivity contribution in [3.05, 3.63) is 0 Å². The van der Waals surface area contributed by atoms with E-state index in [1.165, 1.54) is 7.11 Å². The molecular formula is C10H19NO4. The highest BCUT2D eigenvalue weighted by Crippen LogP contribution is 1.97. The predicted molar refractivity (Wildman–Crippen MR) is 55.2 cm³/mol. The number of rotatable bonds is 7. The van der Waals surface area contributed by atoms with Crippen molar-refractivity contribution in [2.75, 3.05) is 13.7 Å². The molecule has 0 aliphatic rings. The third-order valence-electron chi connectivity index (χ3n) is 1.98. The van der Waals surface area contributed by atoms with Crippen molar-refractivity contribution in [3.63, 3.8) is 0 Å². The van der Waals surface area contributed by atoms with Crippen molar-refractivity contribution in [1.82, 2.24) is 5.32 Å². The first kappa shape index (κ1) is 13.9. The number of ether oxygens (including phenoxy) is 1. The molecule has 0 saturated heterocycles. The van der Waals surface area contributed by atoms with Crippen molar-refractivity contribution in [3.8, 4) is 0 Å². The highest BCUT2D eigenvalue weighted by atomic mass is 16.5. The van der Waals surface area contributed by atoms with Crippen LogP contribution in [0.15, 0.2) is 0 Å². The summed E-state index contributed by atoms with van der Waals surface area (Å²) in [5.41, 5.74) is 0. The second-order valence-electron chi connectivity index (χ2n) is 3.33. The van der Waals surface area contributed by atoms with E-state index in [2.05, 4.69) is 10.1 Å². The maximum Gasteiger partial charge on any atom is 0.307 e. The van der Waals surface area contributed by atoms with Crippen LogP contribution in [-0.4, -0.2) is 36.7 Å². The van der Waals surface area contributed by atoms with Gasteiger partial charge in [0.15, 0.2) is 0 Å². The molecule has 0 aromatic rings. The summed E-state index contributed by atoms with van der Waals surface area (Å²) in [5.74, 6) is -0.579. The topological polar surface area (TPSA) is 75.6 Å². The number of aliphatic hydroxyl groups is 1. The summed E-state index contributed by atoms with van der Waals surface area (Å²) >= 11 is 0. The predicted octanol–water partition coefficient (Wildman–Crippen LogP) is 0.217. The molecule has 0 bridgehead atoms. The maximum absolute atomic E-state index is 11.3. The number of methoxy groups -OCH3 is 1. The fourth-order valence-electron chi connectivity index (χ4n) is 1.08. The summed E-state index contributed by atoms with van der Waals surface area (Å²) < 4.78 is 4.44. The zero-order chi connectivity index (χ0) is 11.7. The Morgan fingerprint density at radius 3 is 2.60 bits per heavy atom. The van der Waals surface area contributed by atoms with E-state index in [4.69, 9.17) is 5.11 Å². The molecule has 2 N–H and O–H groups in total. The lowest BCUT2D eigenvalue weighted by Crippen LogP contribution is -2.39. The minimum atomic E-state index is -0.540. The zero-order valence-corrected chi connectivity index (χ0v) is 9.28. The van der Waals surface area contributed by atoms with Crippen LogP contribution in [-0.2, 0) is 14.3 Å². The van der Waals surface area contributed by atoms with E-state index in [9.17, 15) is 9.59 Å². The molecule has 0 fully saturated rings. The number of hydrogen-bond donors (Lipinski definition) is 2. The van der Waals surface area contributed by atoms with Crippen LogP contribution < -0.4 is 5.32 Å². The first-order valence-electron chi connectivity index (χ1n) is 5.11. The summed E-state index contributed by atoms with van der Waals surface area (Å²) in [5, 5.41) is 11.5. The van der Waals surface area contributed by atoms with Gasteiger partial charge in [-0.1, -0.05) is 13.3 Å². The number of carbonyl (C=O) groups excluding carboxylic acids is 2. The molecule has 1 atom stereocenters. The van der Waals surface area contributed by atoms with Gasteiger partial charge in [-0.05, 0) is 6.42 Å². The number of amides is 1. The molecule has 0 rings (SSSR count). The number of carbonyl (C=O) groups is 2. The molecule has 0 saturated carbocycles. The summed E-state index contributed by atoms with van der Waals surface area (Å²) in [4.78, 5) is 22.2. The Labute approximate surface area is 89.8 Å². The van der Waals surface area contributed by atoms with Gasteiger partial charge in [-0.3, -0.25) is 9.59 Å². The number of esters is 1. The van der Waals surface area contributed by atoms with Crippen molar-refractivity contribution in [1.29, 1.82) is 0 Å². The van der Waals surface area contributed by atoms with Gasteiger partial charge in [-0.25, -0.2) is 0 Å². The molecule has 0 spiro atoms. The Morgan fingerprint density at radius 1 is 1.47 bits per heavy atom. The molecule has 0 radical (unpaired) electrons. The first-order valence-corrected chi connectivity index (χ1v) is 5.11. The number of aliphatic hydroxyl groups excluding tert-OH is 1. The smallest absolute Gasteiger partial charge is 0.307 e. The molecule has 5 nitrogen and oxygen atoms in total. The van der Waals surface area contributed by atoms with E-state index in [1.54, 1.807) is 0 Å². The van der Waals surface area contributed by atoms with E-state index in [1.807, 2.05) is 6.92 Å². The van der Waals surface area contributed by atoms with Crippen molar-refractivity contribution >= 4 is 11.9 Å². The monoisotopic (exact) mass is 217 g/mol. The third-order valence-corrected chi connectivity index (χ3v) is 1.98. The van der Waals surface area contributed by atoms with Gasteiger partial charge in [0.1, 0.15) is 0 Å². The van der Waals surface area contributed by atoms with Crippen LogP contribution in [0.5, 0.6) is 0 Å². The maximum atomic E-state index is 11.3. The van der Waals surface area contributed by atoms with E-state index in [-0.39, 0.29) is 18.9 Å². The van der Waals surface area contributed by atoms with Crippen LogP contribution in [0.2, 0.25) is 0 Å². The fourth-order valence-corrected chi connectivity index (χ4v) is 1.08. The molecule has 0 aliphatic carbocycles. The van der Waals surface area contributed by atoms with E-state index in [0.717, 1.165) is 12.8 Å². The summed E-state index contributed by atoms with van der Waals surface area (Å²) in [6.45, 7) is 1.73. The Bertz CT molecular complexity index is 206. The van der Waals surface area contributed by atoms with Gasteiger partial charge in [0.05, 0.1) is 26.2 Å². The van der Waals surface area contributed by atoms with Crippen molar-refractivity contribution in [2.24, 2.45) is 0 Å². The van der Waals surface area contributed by atoms with Crippen LogP contribution in [0.4, 0.5) is 0 Å². The summed E-state index contributed by atoms with van der Waals surface area (Å²) in [6, 6.07) is -0.540. The van der Waals surface area contributed by atoms with Gasteiger partial charge in [-0.15, -0.1) is 0 Å². The van der Waals surface area contributed by atoms with Crippen LogP contribution in [0.1, 0.15) is 32.6 Å². The number of nitrogens with one attached hydrogen (secondary N) is 1. The lowest BCUT2D eigenvalue weighted by atomic mass is 10.2. The van der Waals surface area contributed by atoms with Crippen LogP contribution in [0.3, 0.4) is 0 Å². The van der Waals surface area contributed by atoms with Crippen molar-refractivity contribution in [2.45, 2.75) is 38.6 Å². The van der Waals surface area contributed by atoms with Crippen molar-refractivity contribution < 1.29 is 19.4 Å². The van der Waals surface area contributed by atoms with E-state index >= 15 is 0 Å². The molecular weight excluding hydrogens is 198 g/mol. The summed E-state index contributed by atoms with van der Waals surface area (Å²) in [7, 11) is 1.27. The van der Waals surface area contributed by atoms with Gasteiger partial charge in [0, 0.05) is 6.42 Å². The third kappa shape index (κ3) is 6.90. The summed E-state index contributed by atoms with van der Waals surface area (Å²) in [6.07, 6.45) is 2.18. The first-order chi connectivity index (χ1) is 7.13. The quantitative estimate of drug-likeness (QED) is 0.598. The SMILES string of the molecule is CCCCC(=O)NC(CO)CC(=O)OC. The van der Waals surface area contributed by atoms with E-state index < -0.39 is 12.0 Å². The Morgan fingerprint density at radius 2 is 2.13 bits per heavy atom. The van der Waals surface area contributed by atoms with Gasteiger partial charge in [0.2, 0.25) is 5.91 Å². The molecule has 0 aliphatic heterocycles. The average Bonchev–Trinajstić information content (AvgIpc) is 2.25. The minimum Gasteiger partial charge on any atom is -0.469 e. The van der Waals surface area contributed by atoms with Gasteiger partial charge < -0.3 is 15.2 Å². The molecule has 88 valence electrons. The highest BCUT2D eigenvalue weighted by Gasteiger charge is 2.15. The molecule has 5 heteroatoms. The lowest BCUT2D eigenvalue weighted by molar-refractivity contribution is -0.141. The van der Waals surface area contributed by atoms with Crippen LogP contribution in [0, 0.1) is 0 Å². The van der Waals surface area contributed by atoms with E-state index in [0.29, 0.717) is 6.42 Å². The zero-order valence-electron chi connectivity index (χ0n) is 9.28. The largest absolute Gasteiger partial charge is 0.469 e. The lowest BCUT2D eigenvalue weighted by Gasteiger charge is -2.14. The van der Waals surface area contributed by atoms with Gasteiger partial charge in [0.25, 0.3) is 0 Å². The second kappa shape index (κ2) is 8.23. The van der Waals surface area contributed by atoms with Crippen LogP contribution >= 0.6 is 0 Å². The standard InChI is InChI=1S/C10H19NO4/c1-3-4-5-9(13)11-8(7-12)6-10(14)15-2/h8,12H,3-7H2,1-2H3,(H,11,13). The molecule has 0 aromatic carbocycles. The highest BCUT2D eigenvalue weighted by molar-refractivity contribution is 5.77. The number of unbranched alkanes of at least 4 members (excludes halogenated alkanes) is 1. The molecule has 0 heterocycles. The minimum absolute atomic E-state index is 0.00483. The molecule has 1 amide bonds. The normalized spacial score (nSPS) is 11.9. The van der Waals surface area contributed by atoms with Crippen LogP contribution in [0.25, 0.3) is 0 Å².